The second-order valence-electron chi connectivity index (χ2n) is 7.97. The molecular weight excluding hydrogens is 462 g/mol. The van der Waals surface area contributed by atoms with E-state index in [0.29, 0.717) is 23.1 Å². The Balaban J connectivity index is 1.46. The van der Waals surface area contributed by atoms with Crippen molar-refractivity contribution in [3.63, 3.8) is 0 Å². The van der Waals surface area contributed by atoms with Gasteiger partial charge in [0.05, 0.1) is 18.7 Å². The summed E-state index contributed by atoms with van der Waals surface area (Å²) in [5, 5.41) is 11.8. The van der Waals surface area contributed by atoms with Gasteiger partial charge in [-0.2, -0.15) is 0 Å². The fraction of sp³-hybridized carbons (Fsp3) is 0.154. The molecule has 3 aromatic carbocycles. The molecule has 0 unspecified atom stereocenters. The fourth-order valence-electron chi connectivity index (χ4n) is 3.91. The highest BCUT2D eigenvalue weighted by atomic mass is 32.2. The van der Waals surface area contributed by atoms with Gasteiger partial charge in [-0.1, -0.05) is 84.6 Å². The molecule has 5 rings (SSSR count). The van der Waals surface area contributed by atoms with Crippen LogP contribution in [-0.4, -0.2) is 39.1 Å². The molecule has 2 atom stereocenters. The number of ether oxygens (including phenoxy) is 1. The minimum Gasteiger partial charge on any atom is -0.465 e. The number of nitrogens with one attached hydrogen (secondary N) is 2. The molecule has 8 nitrogen and oxygen atoms in total. The Bertz CT molecular complexity index is 1330. The second-order valence-corrected chi connectivity index (χ2v) is 9.08. The molecule has 4 aromatic rings. The lowest BCUT2D eigenvalue weighted by Gasteiger charge is -2.33. The van der Waals surface area contributed by atoms with E-state index in [1.54, 1.807) is 12.1 Å². The molecule has 0 radical (unpaired) electrons. The van der Waals surface area contributed by atoms with E-state index in [-0.39, 0.29) is 5.91 Å². The van der Waals surface area contributed by atoms with E-state index in [1.807, 2.05) is 77.5 Å². The van der Waals surface area contributed by atoms with Crippen LogP contribution in [0.4, 0.5) is 0 Å². The Morgan fingerprint density at radius 2 is 1.66 bits per heavy atom. The lowest BCUT2D eigenvalue weighted by Crippen LogP contribution is -2.43. The van der Waals surface area contributed by atoms with E-state index >= 15 is 0 Å². The van der Waals surface area contributed by atoms with Gasteiger partial charge in [-0.25, -0.2) is 9.47 Å². The first-order chi connectivity index (χ1) is 17.1. The quantitative estimate of drug-likeness (QED) is 0.401. The number of rotatable bonds is 6. The molecule has 0 saturated carbocycles. The number of esters is 1. The molecule has 1 aliphatic heterocycles. The monoisotopic (exact) mass is 485 g/mol. The predicted molar refractivity (Wildman–Crippen MR) is 133 cm³/mol. The van der Waals surface area contributed by atoms with Crippen LogP contribution in [0.2, 0.25) is 0 Å². The molecule has 1 aromatic heterocycles. The average Bonchev–Trinajstić information content (AvgIpc) is 3.35. The Morgan fingerprint density at radius 1 is 0.971 bits per heavy atom. The maximum Gasteiger partial charge on any atom is 0.337 e. The smallest absolute Gasteiger partial charge is 0.337 e. The first-order valence-corrected chi connectivity index (χ1v) is 12.0. The molecule has 176 valence electrons. The molecule has 0 spiro atoms. The van der Waals surface area contributed by atoms with Crippen molar-refractivity contribution in [3.05, 3.63) is 102 Å². The molecule has 0 bridgehead atoms. The largest absolute Gasteiger partial charge is 0.465 e. The molecule has 0 saturated heterocycles. The van der Waals surface area contributed by atoms with Gasteiger partial charge in [-0.05, 0) is 23.3 Å². The lowest BCUT2D eigenvalue weighted by molar-refractivity contribution is -0.121. The molecule has 9 heteroatoms. The maximum absolute atomic E-state index is 13.4. The van der Waals surface area contributed by atoms with Crippen molar-refractivity contribution in [2.24, 2.45) is 0 Å². The summed E-state index contributed by atoms with van der Waals surface area (Å²) in [6.07, 6.45) is 0. The zero-order chi connectivity index (χ0) is 24.2. The third-order valence-corrected chi connectivity index (χ3v) is 6.94. The van der Waals surface area contributed by atoms with E-state index < -0.39 is 17.3 Å². The van der Waals surface area contributed by atoms with Gasteiger partial charge >= 0.3 is 5.97 Å². The van der Waals surface area contributed by atoms with E-state index in [2.05, 4.69) is 20.9 Å². The Kier molecular flexibility index (Phi) is 6.49. The van der Waals surface area contributed by atoms with Crippen LogP contribution in [0.25, 0.3) is 11.4 Å². The van der Waals surface area contributed by atoms with Crippen molar-refractivity contribution in [3.8, 4) is 11.4 Å². The van der Waals surface area contributed by atoms with Gasteiger partial charge in [-0.3, -0.25) is 4.79 Å². The van der Waals surface area contributed by atoms with Crippen molar-refractivity contribution in [2.45, 2.75) is 23.0 Å². The minimum absolute atomic E-state index is 0.121. The van der Waals surface area contributed by atoms with Crippen molar-refractivity contribution in [1.29, 1.82) is 0 Å². The Labute approximate surface area is 206 Å². The van der Waals surface area contributed by atoms with E-state index in [1.165, 1.54) is 18.9 Å². The standard InChI is InChI=1S/C26H23N5O3S/c1-34-25(33)20-14-12-18(13-15-20)21-22(24(32)27-16-17-8-4-2-5-9-17)35-26-29-28-23(31(26)30-21)19-10-6-3-7-11-19/h2-15,21-22,30H,16H2,1H3,(H,27,32)/t21-,22-/m0/s1. The summed E-state index contributed by atoms with van der Waals surface area (Å²) in [5.74, 6) is 0.128. The number of carbonyl (C=O) groups is 2. The molecule has 0 aliphatic carbocycles. The molecular formula is C26H23N5O3S. The van der Waals surface area contributed by atoms with Crippen LogP contribution < -0.4 is 10.7 Å². The van der Waals surface area contributed by atoms with Crippen molar-refractivity contribution in [2.75, 3.05) is 12.5 Å². The Morgan fingerprint density at radius 3 is 2.34 bits per heavy atom. The summed E-state index contributed by atoms with van der Waals surface area (Å²) in [5.41, 5.74) is 6.67. The Hall–Kier alpha value is -4.11. The van der Waals surface area contributed by atoms with Crippen LogP contribution in [0.3, 0.4) is 0 Å². The number of aromatic nitrogens is 3. The summed E-state index contributed by atoms with van der Waals surface area (Å²) in [6, 6.07) is 26.2. The zero-order valence-corrected chi connectivity index (χ0v) is 19.7. The summed E-state index contributed by atoms with van der Waals surface area (Å²) < 4.78 is 6.63. The lowest BCUT2D eigenvalue weighted by atomic mass is 10.0. The SMILES string of the molecule is COC(=O)c1ccc([C@@H]2Nn3c(nnc3-c3ccccc3)S[C@@H]2C(=O)NCc2ccccc2)cc1. The number of carbonyl (C=O) groups excluding carboxylic acids is 2. The fourth-order valence-corrected chi connectivity index (χ4v) is 5.01. The van der Waals surface area contributed by atoms with Gasteiger partial charge in [0.2, 0.25) is 11.1 Å². The summed E-state index contributed by atoms with van der Waals surface area (Å²) in [4.78, 5) is 25.3. The number of benzene rings is 3. The highest BCUT2D eigenvalue weighted by Crippen LogP contribution is 2.38. The number of methoxy groups -OCH3 is 1. The van der Waals surface area contributed by atoms with Gasteiger partial charge in [-0.15, -0.1) is 10.2 Å². The first kappa shape index (κ1) is 22.7. The van der Waals surface area contributed by atoms with Crippen LogP contribution in [0, 0.1) is 0 Å². The summed E-state index contributed by atoms with van der Waals surface area (Å²) >= 11 is 1.36. The predicted octanol–water partition coefficient (Wildman–Crippen LogP) is 3.81. The first-order valence-electron chi connectivity index (χ1n) is 11.1. The van der Waals surface area contributed by atoms with Crippen LogP contribution in [0.15, 0.2) is 90.1 Å². The van der Waals surface area contributed by atoms with Crippen molar-refractivity contribution >= 4 is 23.6 Å². The van der Waals surface area contributed by atoms with Crippen molar-refractivity contribution < 1.29 is 14.3 Å². The third kappa shape index (κ3) is 4.76. The number of thioether (sulfide) groups is 1. The summed E-state index contributed by atoms with van der Waals surface area (Å²) in [7, 11) is 1.35. The zero-order valence-electron chi connectivity index (χ0n) is 18.9. The van der Waals surface area contributed by atoms with E-state index in [9.17, 15) is 9.59 Å². The van der Waals surface area contributed by atoms with Crippen molar-refractivity contribution in [1.82, 2.24) is 20.2 Å². The molecule has 35 heavy (non-hydrogen) atoms. The van der Waals surface area contributed by atoms with E-state index in [0.717, 1.165) is 16.7 Å². The average molecular weight is 486 g/mol. The number of hydrogen-bond acceptors (Lipinski definition) is 7. The van der Waals surface area contributed by atoms with Gasteiger partial charge in [0.1, 0.15) is 5.25 Å². The number of hydrogen-bond donors (Lipinski definition) is 2. The van der Waals surface area contributed by atoms with Gasteiger partial charge in [0.25, 0.3) is 0 Å². The van der Waals surface area contributed by atoms with Gasteiger partial charge in [0, 0.05) is 12.1 Å². The minimum atomic E-state index is -0.511. The number of amides is 1. The molecule has 2 heterocycles. The van der Waals surface area contributed by atoms with E-state index in [4.69, 9.17) is 4.74 Å². The molecule has 0 fully saturated rings. The summed E-state index contributed by atoms with van der Waals surface area (Å²) in [6.45, 7) is 0.423. The van der Waals surface area contributed by atoms with Gasteiger partial charge < -0.3 is 15.5 Å². The normalized spacial score (nSPS) is 16.6. The van der Waals surface area contributed by atoms with Crippen LogP contribution in [0.5, 0.6) is 0 Å². The molecule has 2 N–H and O–H groups in total. The highest BCUT2D eigenvalue weighted by molar-refractivity contribution is 8.00. The van der Waals surface area contributed by atoms with Crippen LogP contribution in [-0.2, 0) is 16.1 Å². The molecule has 1 aliphatic rings. The number of nitrogens with zero attached hydrogens (tertiary/aromatic N) is 3. The van der Waals surface area contributed by atoms with Crippen LogP contribution >= 0.6 is 11.8 Å². The second kappa shape index (κ2) is 10.0. The highest BCUT2D eigenvalue weighted by Gasteiger charge is 2.38. The third-order valence-electron chi connectivity index (χ3n) is 5.73. The number of fused-ring (bicyclic) bond motifs is 1. The maximum atomic E-state index is 13.4. The topological polar surface area (TPSA) is 98.1 Å². The van der Waals surface area contributed by atoms with Gasteiger partial charge in [0.15, 0.2) is 5.82 Å². The van der Waals surface area contributed by atoms with Crippen LogP contribution in [0.1, 0.15) is 27.5 Å². The molecule has 1 amide bonds.